The number of aliphatic hydroxyl groups is 1. The second-order valence-electron chi connectivity index (χ2n) is 6.66. The molecule has 1 aliphatic rings. The Bertz CT molecular complexity index is 1010. The van der Waals surface area contributed by atoms with Crippen molar-refractivity contribution in [3.05, 3.63) is 59.7 Å². The van der Waals surface area contributed by atoms with Crippen LogP contribution in [0.25, 0.3) is 10.9 Å². The second kappa shape index (κ2) is 7.28. The number of carbonyl (C=O) groups excluding carboxylic acids is 1. The SMILES string of the molecule is O=C(CO)Nc1ccc2c(c1)CCC(Nc1ncnc3ccc(F)cc13)C2. The molecule has 1 atom stereocenters. The Morgan fingerprint density at radius 1 is 1.19 bits per heavy atom. The number of benzene rings is 2. The zero-order valence-electron chi connectivity index (χ0n) is 14.6. The average molecular weight is 366 g/mol. The molecule has 0 radical (unpaired) electrons. The fraction of sp³-hybridized carbons (Fsp3) is 0.250. The molecule has 4 rings (SSSR count). The lowest BCUT2D eigenvalue weighted by atomic mass is 9.88. The molecular weight excluding hydrogens is 347 g/mol. The van der Waals surface area contributed by atoms with Gasteiger partial charge in [0.05, 0.1) is 5.52 Å². The monoisotopic (exact) mass is 366 g/mol. The highest BCUT2D eigenvalue weighted by Gasteiger charge is 2.20. The largest absolute Gasteiger partial charge is 0.387 e. The van der Waals surface area contributed by atoms with Crippen LogP contribution in [0.15, 0.2) is 42.7 Å². The fourth-order valence-corrected chi connectivity index (χ4v) is 3.49. The zero-order valence-corrected chi connectivity index (χ0v) is 14.6. The van der Waals surface area contributed by atoms with Crippen molar-refractivity contribution in [2.45, 2.75) is 25.3 Å². The van der Waals surface area contributed by atoms with Crippen LogP contribution in [0.4, 0.5) is 15.9 Å². The molecular formula is C20H19FN4O2. The number of aliphatic hydroxyl groups excluding tert-OH is 1. The van der Waals surface area contributed by atoms with Crippen LogP contribution in [0.3, 0.4) is 0 Å². The van der Waals surface area contributed by atoms with Gasteiger partial charge in [-0.3, -0.25) is 4.79 Å². The maximum absolute atomic E-state index is 13.6. The van der Waals surface area contributed by atoms with E-state index in [2.05, 4.69) is 20.6 Å². The molecule has 1 amide bonds. The number of anilines is 2. The summed E-state index contributed by atoms with van der Waals surface area (Å²) < 4.78 is 13.6. The molecule has 0 fully saturated rings. The van der Waals surface area contributed by atoms with E-state index < -0.39 is 12.5 Å². The predicted octanol–water partition coefficient (Wildman–Crippen LogP) is 2.67. The number of hydrogen-bond donors (Lipinski definition) is 3. The van der Waals surface area contributed by atoms with E-state index in [9.17, 15) is 9.18 Å². The lowest BCUT2D eigenvalue weighted by Gasteiger charge is -2.26. The summed E-state index contributed by atoms with van der Waals surface area (Å²) in [6.45, 7) is -0.531. The van der Waals surface area contributed by atoms with Crippen LogP contribution in [-0.4, -0.2) is 33.6 Å². The van der Waals surface area contributed by atoms with Gasteiger partial charge in [0.1, 0.15) is 24.6 Å². The quantitative estimate of drug-likeness (QED) is 0.661. The van der Waals surface area contributed by atoms with Gasteiger partial charge in [0, 0.05) is 17.1 Å². The van der Waals surface area contributed by atoms with Crippen molar-refractivity contribution < 1.29 is 14.3 Å². The van der Waals surface area contributed by atoms with Crippen molar-refractivity contribution in [1.29, 1.82) is 0 Å². The molecule has 0 bridgehead atoms. The molecule has 3 N–H and O–H groups in total. The van der Waals surface area contributed by atoms with Gasteiger partial charge in [-0.25, -0.2) is 14.4 Å². The average Bonchev–Trinajstić information content (AvgIpc) is 2.68. The van der Waals surface area contributed by atoms with Gasteiger partial charge >= 0.3 is 0 Å². The summed E-state index contributed by atoms with van der Waals surface area (Å²) in [5, 5.41) is 15.6. The standard InChI is InChI=1S/C20H19FN4O2/c21-14-3-6-18-17(9-14)20(23-11-22-18)25-16-5-2-12-7-15(24-19(27)10-26)4-1-13(12)8-16/h1,3-4,6-7,9,11,16,26H,2,5,8,10H2,(H,24,27)(H,22,23,25). The predicted molar refractivity (Wildman–Crippen MR) is 101 cm³/mol. The summed E-state index contributed by atoms with van der Waals surface area (Å²) in [5.74, 6) is -0.0975. The van der Waals surface area contributed by atoms with E-state index in [4.69, 9.17) is 5.11 Å². The van der Waals surface area contributed by atoms with Gasteiger partial charge in [-0.1, -0.05) is 6.07 Å². The Hall–Kier alpha value is -3.06. The highest BCUT2D eigenvalue weighted by atomic mass is 19.1. The lowest BCUT2D eigenvalue weighted by Crippen LogP contribution is -2.28. The number of rotatable bonds is 4. The highest BCUT2D eigenvalue weighted by Crippen LogP contribution is 2.28. The molecule has 7 heteroatoms. The van der Waals surface area contributed by atoms with Gasteiger partial charge in [0.25, 0.3) is 0 Å². The number of carbonyl (C=O) groups is 1. The van der Waals surface area contributed by atoms with Crippen molar-refractivity contribution in [2.75, 3.05) is 17.2 Å². The molecule has 0 saturated heterocycles. The summed E-state index contributed by atoms with van der Waals surface area (Å²) in [5.41, 5.74) is 3.78. The summed E-state index contributed by atoms with van der Waals surface area (Å²) >= 11 is 0. The van der Waals surface area contributed by atoms with Crippen molar-refractivity contribution in [3.63, 3.8) is 0 Å². The van der Waals surface area contributed by atoms with Crippen LogP contribution in [0, 0.1) is 5.82 Å². The molecule has 0 saturated carbocycles. The van der Waals surface area contributed by atoms with Crippen LogP contribution in [0.5, 0.6) is 0 Å². The Morgan fingerprint density at radius 2 is 2.07 bits per heavy atom. The second-order valence-corrected chi connectivity index (χ2v) is 6.66. The number of nitrogens with one attached hydrogen (secondary N) is 2. The number of fused-ring (bicyclic) bond motifs is 2. The van der Waals surface area contributed by atoms with Gasteiger partial charge in [-0.15, -0.1) is 0 Å². The number of aryl methyl sites for hydroxylation is 1. The first-order valence-corrected chi connectivity index (χ1v) is 8.81. The molecule has 27 heavy (non-hydrogen) atoms. The maximum Gasteiger partial charge on any atom is 0.250 e. The summed E-state index contributed by atoms with van der Waals surface area (Å²) in [7, 11) is 0. The van der Waals surface area contributed by atoms with E-state index >= 15 is 0 Å². The van der Waals surface area contributed by atoms with E-state index in [0.717, 1.165) is 19.3 Å². The molecule has 3 aromatic rings. The topological polar surface area (TPSA) is 87.1 Å². The number of aromatic nitrogens is 2. The Kier molecular flexibility index (Phi) is 4.68. The molecule has 1 aromatic heterocycles. The lowest BCUT2D eigenvalue weighted by molar-refractivity contribution is -0.118. The van der Waals surface area contributed by atoms with Crippen LogP contribution in [0.1, 0.15) is 17.5 Å². The van der Waals surface area contributed by atoms with E-state index in [-0.39, 0.29) is 11.9 Å². The van der Waals surface area contributed by atoms with Crippen LogP contribution >= 0.6 is 0 Å². The van der Waals surface area contributed by atoms with Crippen LogP contribution in [0.2, 0.25) is 0 Å². The number of amides is 1. The highest BCUT2D eigenvalue weighted by molar-refractivity contribution is 5.91. The summed E-state index contributed by atoms with van der Waals surface area (Å²) in [6.07, 6.45) is 4.04. The normalized spacial score (nSPS) is 16.0. The maximum atomic E-state index is 13.6. The van der Waals surface area contributed by atoms with Gasteiger partial charge in [-0.2, -0.15) is 0 Å². The first-order chi connectivity index (χ1) is 13.1. The van der Waals surface area contributed by atoms with Crippen molar-refractivity contribution in [2.24, 2.45) is 0 Å². The molecule has 138 valence electrons. The molecule has 1 aliphatic carbocycles. The Balaban J connectivity index is 1.52. The summed E-state index contributed by atoms with van der Waals surface area (Å²) in [6, 6.07) is 10.5. The fourth-order valence-electron chi connectivity index (χ4n) is 3.49. The van der Waals surface area contributed by atoms with E-state index in [0.29, 0.717) is 22.4 Å². The third-order valence-corrected chi connectivity index (χ3v) is 4.80. The van der Waals surface area contributed by atoms with Crippen molar-refractivity contribution >= 4 is 28.3 Å². The third-order valence-electron chi connectivity index (χ3n) is 4.80. The van der Waals surface area contributed by atoms with Gasteiger partial charge < -0.3 is 15.7 Å². The van der Waals surface area contributed by atoms with Gasteiger partial charge in [-0.05, 0) is 60.7 Å². The van der Waals surface area contributed by atoms with Crippen molar-refractivity contribution in [1.82, 2.24) is 9.97 Å². The number of nitrogens with zero attached hydrogens (tertiary/aromatic N) is 2. The number of hydrogen-bond acceptors (Lipinski definition) is 5. The molecule has 0 spiro atoms. The molecule has 1 unspecified atom stereocenters. The minimum atomic E-state index is -0.531. The van der Waals surface area contributed by atoms with Gasteiger partial charge in [0.15, 0.2) is 0 Å². The smallest absolute Gasteiger partial charge is 0.250 e. The zero-order chi connectivity index (χ0) is 18.8. The number of halogens is 1. The van der Waals surface area contributed by atoms with Gasteiger partial charge in [0.2, 0.25) is 5.91 Å². The van der Waals surface area contributed by atoms with E-state index in [1.165, 1.54) is 29.6 Å². The van der Waals surface area contributed by atoms with Crippen molar-refractivity contribution in [3.8, 4) is 0 Å². The van der Waals surface area contributed by atoms with Crippen LogP contribution in [-0.2, 0) is 17.6 Å². The Labute approximate surface area is 155 Å². The molecule has 2 aromatic carbocycles. The molecule has 0 aliphatic heterocycles. The van der Waals surface area contributed by atoms with E-state index in [1.807, 2.05) is 18.2 Å². The third kappa shape index (κ3) is 3.73. The molecule has 6 nitrogen and oxygen atoms in total. The summed E-state index contributed by atoms with van der Waals surface area (Å²) in [4.78, 5) is 19.8. The first-order valence-electron chi connectivity index (χ1n) is 8.81. The Morgan fingerprint density at radius 3 is 2.93 bits per heavy atom. The minimum absolute atomic E-state index is 0.178. The first kappa shape index (κ1) is 17.4. The van der Waals surface area contributed by atoms with E-state index in [1.54, 1.807) is 6.07 Å². The molecule has 1 heterocycles. The minimum Gasteiger partial charge on any atom is -0.387 e. The van der Waals surface area contributed by atoms with Crippen LogP contribution < -0.4 is 10.6 Å².